The molecule has 3 rings (SSSR count). The first-order chi connectivity index (χ1) is 10.8. The van der Waals surface area contributed by atoms with E-state index < -0.39 is 10.5 Å². The van der Waals surface area contributed by atoms with Crippen LogP contribution >= 0.6 is 0 Å². The van der Waals surface area contributed by atoms with E-state index >= 15 is 0 Å². The highest BCUT2D eigenvalue weighted by atomic mass is 16.6. The minimum atomic E-state index is -1.02. The molecule has 0 radical (unpaired) electrons. The molecule has 7 heteroatoms. The predicted octanol–water partition coefficient (Wildman–Crippen LogP) is 0.598. The summed E-state index contributed by atoms with van der Waals surface area (Å²) in [7, 11) is 0. The van der Waals surface area contributed by atoms with Gasteiger partial charge in [0.2, 0.25) is 0 Å². The molecule has 2 aliphatic heterocycles. The lowest BCUT2D eigenvalue weighted by Crippen LogP contribution is -3.14. The molecule has 1 aromatic carbocycles. The largest absolute Gasteiger partial charge is 0.455 e. The van der Waals surface area contributed by atoms with Gasteiger partial charge in [-0.05, 0) is 26.0 Å². The Labute approximate surface area is 134 Å². The molecular formula is C16H21N2O5+. The zero-order valence-electron chi connectivity index (χ0n) is 13.2. The highest BCUT2D eigenvalue weighted by Crippen LogP contribution is 2.40. The van der Waals surface area contributed by atoms with Crippen LogP contribution in [0, 0.1) is 10.1 Å². The Hall–Kier alpha value is -1.96. The minimum Gasteiger partial charge on any atom is -0.455 e. The fourth-order valence-electron chi connectivity index (χ4n) is 3.11. The van der Waals surface area contributed by atoms with Crippen LogP contribution in [0.4, 0.5) is 5.69 Å². The van der Waals surface area contributed by atoms with Crippen LogP contribution in [0.1, 0.15) is 25.5 Å². The Bertz CT molecular complexity index is 644. The van der Waals surface area contributed by atoms with Gasteiger partial charge in [0.1, 0.15) is 18.8 Å². The zero-order valence-corrected chi connectivity index (χ0v) is 13.2. The second-order valence-corrected chi connectivity index (χ2v) is 6.49. The number of morpholine rings is 1. The maximum Gasteiger partial charge on any atom is 0.270 e. The third-order valence-electron chi connectivity index (χ3n) is 4.07. The molecule has 0 aromatic heterocycles. The van der Waals surface area contributed by atoms with Crippen LogP contribution in [0.5, 0.6) is 5.75 Å². The van der Waals surface area contributed by atoms with Crippen molar-refractivity contribution in [3.8, 4) is 5.75 Å². The van der Waals surface area contributed by atoms with E-state index in [1.165, 1.54) is 11.0 Å². The van der Waals surface area contributed by atoms with Crippen molar-refractivity contribution in [2.75, 3.05) is 26.3 Å². The molecule has 124 valence electrons. The number of nitrogens with zero attached hydrogens (tertiary/aromatic N) is 1. The van der Waals surface area contributed by atoms with Crippen molar-refractivity contribution in [3.63, 3.8) is 0 Å². The monoisotopic (exact) mass is 321 g/mol. The molecular weight excluding hydrogens is 300 g/mol. The lowest BCUT2D eigenvalue weighted by Gasteiger charge is -2.29. The number of ether oxygens (including phenoxy) is 2. The molecule has 0 spiro atoms. The molecule has 1 saturated heterocycles. The van der Waals surface area contributed by atoms with Crippen molar-refractivity contribution in [2.24, 2.45) is 0 Å². The van der Waals surface area contributed by atoms with E-state index in [0.29, 0.717) is 24.7 Å². The second-order valence-electron chi connectivity index (χ2n) is 6.49. The Balaban J connectivity index is 2.04. The smallest absolute Gasteiger partial charge is 0.270 e. The van der Waals surface area contributed by atoms with Gasteiger partial charge in [0.05, 0.1) is 29.3 Å². The van der Waals surface area contributed by atoms with Crippen LogP contribution in [0.25, 0.3) is 0 Å². The van der Waals surface area contributed by atoms with Crippen molar-refractivity contribution in [1.29, 1.82) is 0 Å². The van der Waals surface area contributed by atoms with E-state index in [4.69, 9.17) is 9.47 Å². The van der Waals surface area contributed by atoms with Gasteiger partial charge in [-0.3, -0.25) is 10.1 Å². The highest BCUT2D eigenvalue weighted by Gasteiger charge is 2.40. The number of hydrogen-bond acceptors (Lipinski definition) is 5. The number of nitro benzene ring substituents is 1. The molecule has 0 aliphatic carbocycles. The first-order valence-electron chi connectivity index (χ1n) is 7.69. The van der Waals surface area contributed by atoms with Crippen LogP contribution < -0.4 is 9.64 Å². The summed E-state index contributed by atoms with van der Waals surface area (Å²) in [5, 5.41) is 21.2. The van der Waals surface area contributed by atoms with E-state index in [1.807, 2.05) is 0 Å². The van der Waals surface area contributed by atoms with Crippen LogP contribution in [-0.4, -0.2) is 41.9 Å². The van der Waals surface area contributed by atoms with Gasteiger partial charge in [-0.15, -0.1) is 0 Å². The van der Waals surface area contributed by atoms with E-state index in [-0.39, 0.29) is 11.7 Å². The second kappa shape index (κ2) is 5.92. The van der Waals surface area contributed by atoms with Crippen LogP contribution in [0.3, 0.4) is 0 Å². The Morgan fingerprint density at radius 2 is 2.09 bits per heavy atom. The molecule has 2 aliphatic rings. The van der Waals surface area contributed by atoms with Crippen molar-refractivity contribution < 1.29 is 24.4 Å². The SMILES string of the molecule is CC(C)(O)/C=C1/Oc2ccc([N+](=O)[O-])cc2[C@@H]1[NH+]1CCOCC1. The van der Waals surface area contributed by atoms with Crippen LogP contribution in [0.2, 0.25) is 0 Å². The first kappa shape index (κ1) is 15.9. The van der Waals surface area contributed by atoms with Crippen molar-refractivity contribution in [3.05, 3.63) is 45.7 Å². The number of nitro groups is 1. The molecule has 0 bridgehead atoms. The van der Waals surface area contributed by atoms with Gasteiger partial charge in [-0.2, -0.15) is 0 Å². The summed E-state index contributed by atoms with van der Waals surface area (Å²) in [5.74, 6) is 1.26. The molecule has 0 unspecified atom stereocenters. The number of benzene rings is 1. The Kier molecular flexibility index (Phi) is 4.09. The van der Waals surface area contributed by atoms with Crippen LogP contribution in [0.15, 0.2) is 30.0 Å². The molecule has 1 atom stereocenters. The fourth-order valence-corrected chi connectivity index (χ4v) is 3.11. The summed E-state index contributed by atoms with van der Waals surface area (Å²) < 4.78 is 11.3. The van der Waals surface area contributed by atoms with E-state index in [0.717, 1.165) is 18.7 Å². The lowest BCUT2D eigenvalue weighted by molar-refractivity contribution is -0.933. The molecule has 1 aromatic rings. The Morgan fingerprint density at radius 3 is 2.70 bits per heavy atom. The lowest BCUT2D eigenvalue weighted by atomic mass is 10.0. The van der Waals surface area contributed by atoms with Crippen LogP contribution in [-0.2, 0) is 4.74 Å². The third-order valence-corrected chi connectivity index (χ3v) is 4.07. The summed E-state index contributed by atoms with van der Waals surface area (Å²) in [6.07, 6.45) is 1.69. The third kappa shape index (κ3) is 3.36. The number of quaternary nitrogens is 1. The van der Waals surface area contributed by atoms with E-state index in [2.05, 4.69) is 0 Å². The van der Waals surface area contributed by atoms with E-state index in [9.17, 15) is 15.2 Å². The average molecular weight is 321 g/mol. The molecule has 2 N–H and O–H groups in total. The fraction of sp³-hybridized carbons (Fsp3) is 0.500. The highest BCUT2D eigenvalue weighted by molar-refractivity contribution is 5.51. The van der Waals surface area contributed by atoms with Gasteiger partial charge in [0.15, 0.2) is 11.8 Å². The van der Waals surface area contributed by atoms with Gasteiger partial charge in [0.25, 0.3) is 5.69 Å². The number of rotatable bonds is 3. The van der Waals surface area contributed by atoms with Gasteiger partial charge in [-0.1, -0.05) is 0 Å². The topological polar surface area (TPSA) is 86.3 Å². The van der Waals surface area contributed by atoms with Gasteiger partial charge in [-0.25, -0.2) is 0 Å². The number of non-ortho nitro benzene ring substituents is 1. The summed E-state index contributed by atoms with van der Waals surface area (Å²) in [6, 6.07) is 4.50. The summed E-state index contributed by atoms with van der Waals surface area (Å²) in [5.41, 5.74) is -0.172. The quantitative estimate of drug-likeness (QED) is 0.629. The maximum atomic E-state index is 11.1. The van der Waals surface area contributed by atoms with Crippen molar-refractivity contribution >= 4 is 5.69 Å². The minimum absolute atomic E-state index is 0.0505. The van der Waals surface area contributed by atoms with Crippen molar-refractivity contribution in [2.45, 2.75) is 25.5 Å². The number of fused-ring (bicyclic) bond motifs is 1. The maximum absolute atomic E-state index is 11.1. The average Bonchev–Trinajstić information content (AvgIpc) is 2.82. The summed E-state index contributed by atoms with van der Waals surface area (Å²) in [4.78, 5) is 11.9. The summed E-state index contributed by atoms with van der Waals surface area (Å²) >= 11 is 0. The standard InChI is InChI=1S/C16H20N2O5/c1-16(2,19)10-14-15(17-5-7-22-8-6-17)12-9-11(18(20)21)3-4-13(12)23-14/h3-4,9-10,15,19H,5-8H2,1-2H3/p+1/b14-10+/t15-/m0/s1. The molecule has 1 fully saturated rings. The zero-order chi connectivity index (χ0) is 16.6. The van der Waals surface area contributed by atoms with Crippen molar-refractivity contribution in [1.82, 2.24) is 0 Å². The molecule has 23 heavy (non-hydrogen) atoms. The summed E-state index contributed by atoms with van der Waals surface area (Å²) in [6.45, 7) is 6.23. The number of aliphatic hydroxyl groups is 1. The van der Waals surface area contributed by atoms with Gasteiger partial charge < -0.3 is 19.5 Å². The number of nitrogens with one attached hydrogen (secondary N) is 1. The van der Waals surface area contributed by atoms with Gasteiger partial charge >= 0.3 is 0 Å². The van der Waals surface area contributed by atoms with E-state index in [1.54, 1.807) is 32.1 Å². The number of hydrogen-bond donors (Lipinski definition) is 2. The first-order valence-corrected chi connectivity index (χ1v) is 7.69. The van der Waals surface area contributed by atoms with Gasteiger partial charge in [0, 0.05) is 12.1 Å². The molecule has 2 heterocycles. The molecule has 0 amide bonds. The molecule has 7 nitrogen and oxygen atoms in total. The normalized spacial score (nSPS) is 23.6. The predicted molar refractivity (Wildman–Crippen MR) is 82.4 cm³/mol. The molecule has 0 saturated carbocycles. The Morgan fingerprint density at radius 1 is 1.39 bits per heavy atom.